The third-order valence-electron chi connectivity index (χ3n) is 5.08. The molecule has 172 valence electrons. The number of aliphatic hydroxyl groups excluding tert-OH is 1. The van der Waals surface area contributed by atoms with Gasteiger partial charge in [-0.05, 0) is 63.9 Å². The van der Waals surface area contributed by atoms with Crippen LogP contribution in [0.2, 0.25) is 5.02 Å². The number of aliphatic hydroxyl groups is 1. The van der Waals surface area contributed by atoms with Crippen LogP contribution in [-0.4, -0.2) is 28.7 Å². The predicted molar refractivity (Wildman–Crippen MR) is 119 cm³/mol. The fraction of sp³-hybridized carbons (Fsp3) is 0.375. The molecule has 0 fully saturated rings. The Labute approximate surface area is 190 Å². The Bertz CT molecular complexity index is 1070. The van der Waals surface area contributed by atoms with Gasteiger partial charge in [-0.1, -0.05) is 41.5 Å². The monoisotopic (exact) mass is 467 g/mol. The van der Waals surface area contributed by atoms with Crippen LogP contribution in [0, 0.1) is 13.8 Å². The third-order valence-corrected chi connectivity index (χ3v) is 5.29. The van der Waals surface area contributed by atoms with Gasteiger partial charge in [0, 0.05) is 21.7 Å². The zero-order valence-electron chi connectivity index (χ0n) is 18.5. The number of alkyl halides is 3. The Morgan fingerprint density at radius 1 is 1.16 bits per heavy atom. The van der Waals surface area contributed by atoms with Gasteiger partial charge in [0.05, 0.1) is 0 Å². The van der Waals surface area contributed by atoms with Crippen molar-refractivity contribution < 1.29 is 27.9 Å². The number of halogens is 4. The summed E-state index contributed by atoms with van der Waals surface area (Å²) in [6.45, 7) is 13.0. The fourth-order valence-electron chi connectivity index (χ4n) is 3.72. The zero-order chi connectivity index (χ0) is 24.1. The lowest BCUT2D eigenvalue weighted by atomic mass is 9.83. The molecule has 0 saturated carbocycles. The summed E-state index contributed by atoms with van der Waals surface area (Å²) in [5.74, 6) is 0.436. The van der Waals surface area contributed by atoms with E-state index in [1.165, 1.54) is 12.1 Å². The third kappa shape index (κ3) is 4.36. The summed E-state index contributed by atoms with van der Waals surface area (Å²) < 4.78 is 48.6. The first-order valence-corrected chi connectivity index (χ1v) is 10.3. The molecule has 0 aliphatic carbocycles. The van der Waals surface area contributed by atoms with Crippen LogP contribution in [0.15, 0.2) is 48.1 Å². The first-order chi connectivity index (χ1) is 14.7. The normalized spacial score (nSPS) is 21.2. The standard InChI is InChI=1S/C24H25ClF3NO3/c1-13-9-17(12-18(25)10-13)23(24(26,27)28)21(30)20(29-32-23)16-7-8-19(14(2)11-16)15(3)31-22(4,5)6/h7-12,21,30H,3H2,1-2,4-6H3. The fourth-order valence-corrected chi connectivity index (χ4v) is 4.01. The number of hydrogen-bond acceptors (Lipinski definition) is 4. The minimum absolute atomic E-state index is 0.102. The summed E-state index contributed by atoms with van der Waals surface area (Å²) in [5.41, 5.74) is -1.87. The number of nitrogens with zero attached hydrogens (tertiary/aromatic N) is 1. The maximum absolute atomic E-state index is 14.3. The lowest BCUT2D eigenvalue weighted by Crippen LogP contribution is -2.52. The van der Waals surface area contributed by atoms with Crippen molar-refractivity contribution in [2.75, 3.05) is 0 Å². The summed E-state index contributed by atoms with van der Waals surface area (Å²) in [4.78, 5) is 4.98. The van der Waals surface area contributed by atoms with E-state index in [2.05, 4.69) is 11.7 Å². The molecule has 1 heterocycles. The van der Waals surface area contributed by atoms with E-state index >= 15 is 0 Å². The molecule has 0 saturated heterocycles. The van der Waals surface area contributed by atoms with Gasteiger partial charge < -0.3 is 14.7 Å². The van der Waals surface area contributed by atoms with Crippen molar-refractivity contribution >= 4 is 23.1 Å². The van der Waals surface area contributed by atoms with Gasteiger partial charge in [0.1, 0.15) is 17.1 Å². The summed E-state index contributed by atoms with van der Waals surface area (Å²) in [5, 5.41) is 14.7. The molecule has 1 aliphatic heterocycles. The van der Waals surface area contributed by atoms with Crippen LogP contribution in [0.4, 0.5) is 13.2 Å². The highest BCUT2D eigenvalue weighted by Gasteiger charge is 2.68. The molecule has 4 nitrogen and oxygen atoms in total. The lowest BCUT2D eigenvalue weighted by Gasteiger charge is -2.33. The maximum Gasteiger partial charge on any atom is 0.438 e. The average Bonchev–Trinajstić information content (AvgIpc) is 2.97. The van der Waals surface area contributed by atoms with Crippen molar-refractivity contribution in [1.29, 1.82) is 0 Å². The van der Waals surface area contributed by atoms with Crippen LogP contribution in [0.1, 0.15) is 48.6 Å². The van der Waals surface area contributed by atoms with Crippen LogP contribution >= 0.6 is 11.6 Å². The Hall–Kier alpha value is -2.51. The largest absolute Gasteiger partial charge is 0.488 e. The molecule has 0 spiro atoms. The van der Waals surface area contributed by atoms with Crippen LogP contribution in [-0.2, 0) is 15.2 Å². The number of rotatable bonds is 4. The van der Waals surface area contributed by atoms with Crippen molar-refractivity contribution in [3.05, 3.63) is 75.8 Å². The van der Waals surface area contributed by atoms with Crippen LogP contribution in [0.3, 0.4) is 0 Å². The molecule has 3 rings (SSSR count). The summed E-state index contributed by atoms with van der Waals surface area (Å²) in [7, 11) is 0. The molecular weight excluding hydrogens is 443 g/mol. The SMILES string of the molecule is C=C(OC(C)(C)C)c1ccc(C2=NOC(c3cc(C)cc(Cl)c3)(C(F)(F)F)C2O)cc1C. The Balaban J connectivity index is 2.01. The van der Waals surface area contributed by atoms with Crippen molar-refractivity contribution in [2.24, 2.45) is 5.16 Å². The molecule has 2 unspecified atom stereocenters. The molecule has 0 bridgehead atoms. The van der Waals surface area contributed by atoms with Crippen molar-refractivity contribution in [2.45, 2.75) is 58.1 Å². The molecule has 0 radical (unpaired) electrons. The number of oxime groups is 1. The smallest absolute Gasteiger partial charge is 0.438 e. The zero-order valence-corrected chi connectivity index (χ0v) is 19.2. The highest BCUT2D eigenvalue weighted by atomic mass is 35.5. The van der Waals surface area contributed by atoms with Gasteiger partial charge in [-0.2, -0.15) is 13.2 Å². The van der Waals surface area contributed by atoms with Crippen molar-refractivity contribution in [1.82, 2.24) is 0 Å². The topological polar surface area (TPSA) is 51.0 Å². The quantitative estimate of drug-likeness (QED) is 0.537. The second-order valence-electron chi connectivity index (χ2n) is 8.89. The lowest BCUT2D eigenvalue weighted by molar-refractivity contribution is -0.296. The van der Waals surface area contributed by atoms with E-state index in [-0.39, 0.29) is 16.3 Å². The molecule has 32 heavy (non-hydrogen) atoms. The Morgan fingerprint density at radius 2 is 1.81 bits per heavy atom. The Kier molecular flexibility index (Phi) is 6.13. The first kappa shape index (κ1) is 24.1. The molecular formula is C24H25ClF3NO3. The molecule has 2 atom stereocenters. The molecule has 1 N–H and O–H groups in total. The molecule has 1 aliphatic rings. The average molecular weight is 468 g/mol. The van der Waals surface area contributed by atoms with E-state index in [4.69, 9.17) is 21.2 Å². The maximum atomic E-state index is 14.3. The van der Waals surface area contributed by atoms with E-state index in [0.717, 1.165) is 6.07 Å². The highest BCUT2D eigenvalue weighted by Crippen LogP contribution is 2.49. The summed E-state index contributed by atoms with van der Waals surface area (Å²) >= 11 is 5.99. The van der Waals surface area contributed by atoms with Crippen molar-refractivity contribution in [3.63, 3.8) is 0 Å². The minimum Gasteiger partial charge on any atom is -0.488 e. The van der Waals surface area contributed by atoms with Gasteiger partial charge in [-0.25, -0.2) is 0 Å². The molecule has 8 heteroatoms. The molecule has 0 amide bonds. The molecule has 2 aromatic carbocycles. The summed E-state index contributed by atoms with van der Waals surface area (Å²) in [6.07, 6.45) is -7.06. The van der Waals surface area contributed by atoms with Gasteiger partial charge in [0.2, 0.25) is 0 Å². The number of hydrogen-bond donors (Lipinski definition) is 1. The van der Waals surface area contributed by atoms with Gasteiger partial charge in [-0.3, -0.25) is 0 Å². The first-order valence-electron chi connectivity index (χ1n) is 9.93. The summed E-state index contributed by atoms with van der Waals surface area (Å²) in [6, 6.07) is 8.78. The number of aryl methyl sites for hydroxylation is 2. The van der Waals surface area contributed by atoms with E-state index in [9.17, 15) is 18.3 Å². The second-order valence-corrected chi connectivity index (χ2v) is 9.32. The highest BCUT2D eigenvalue weighted by molar-refractivity contribution is 6.30. The van der Waals surface area contributed by atoms with Gasteiger partial charge in [0.25, 0.3) is 5.60 Å². The van der Waals surface area contributed by atoms with Gasteiger partial charge in [0.15, 0.2) is 6.10 Å². The van der Waals surface area contributed by atoms with Gasteiger partial charge in [-0.15, -0.1) is 0 Å². The molecule has 0 aromatic heterocycles. The van der Waals surface area contributed by atoms with Crippen molar-refractivity contribution in [3.8, 4) is 0 Å². The molecule has 2 aromatic rings. The van der Waals surface area contributed by atoms with E-state index in [0.29, 0.717) is 28.0 Å². The number of benzene rings is 2. The van der Waals surface area contributed by atoms with E-state index in [1.54, 1.807) is 32.0 Å². The predicted octanol–water partition coefficient (Wildman–Crippen LogP) is 6.30. The van der Waals surface area contributed by atoms with Crippen LogP contribution in [0.25, 0.3) is 5.76 Å². The van der Waals surface area contributed by atoms with E-state index in [1.807, 2.05) is 20.8 Å². The Morgan fingerprint density at radius 3 is 2.34 bits per heavy atom. The van der Waals surface area contributed by atoms with Crippen LogP contribution < -0.4 is 0 Å². The number of ether oxygens (including phenoxy) is 1. The van der Waals surface area contributed by atoms with Gasteiger partial charge >= 0.3 is 6.18 Å². The second kappa shape index (κ2) is 8.12. The van der Waals surface area contributed by atoms with Crippen LogP contribution in [0.5, 0.6) is 0 Å². The van der Waals surface area contributed by atoms with E-state index < -0.39 is 23.5 Å². The minimum atomic E-state index is -4.96.